The van der Waals surface area contributed by atoms with Crippen LogP contribution >= 0.6 is 11.6 Å². The van der Waals surface area contributed by atoms with Crippen molar-refractivity contribution >= 4 is 35.0 Å². The summed E-state index contributed by atoms with van der Waals surface area (Å²) < 4.78 is 4.72. The molecule has 0 bridgehead atoms. The molecule has 1 aromatic heterocycles. The summed E-state index contributed by atoms with van der Waals surface area (Å²) >= 11 is 6.18. The third-order valence-electron chi connectivity index (χ3n) is 3.50. The Balaban J connectivity index is 1.73. The highest BCUT2D eigenvalue weighted by Gasteiger charge is 2.10. The zero-order chi connectivity index (χ0) is 18.4. The number of ether oxygens (including phenoxy) is 1. The molecule has 3 rings (SSSR count). The first-order valence-corrected chi connectivity index (χ1v) is 8.16. The van der Waals surface area contributed by atoms with Crippen LogP contribution < -0.4 is 10.6 Å². The molecule has 0 radical (unpaired) electrons. The molecule has 0 amide bonds. The van der Waals surface area contributed by atoms with Crippen LogP contribution in [0.25, 0.3) is 0 Å². The SMILES string of the molecule is COC(=O)c1ccc(Cl)c(Nc2cnnc(NCc3ccccc3)n2)c1. The Morgan fingerprint density at radius 3 is 2.77 bits per heavy atom. The number of halogens is 1. The Hall–Kier alpha value is -3.19. The standard InChI is InChI=1S/C18H16ClN5O2/c1-26-17(25)13-7-8-14(19)15(9-13)22-16-11-21-24-18(23-16)20-10-12-5-3-2-4-6-12/h2-9,11H,10H2,1H3,(H2,20,22,23,24). The van der Waals surface area contributed by atoms with E-state index in [0.29, 0.717) is 34.6 Å². The molecule has 0 fully saturated rings. The van der Waals surface area contributed by atoms with Crippen molar-refractivity contribution in [2.75, 3.05) is 17.7 Å². The molecule has 0 aliphatic carbocycles. The van der Waals surface area contributed by atoms with Crippen molar-refractivity contribution in [2.45, 2.75) is 6.54 Å². The van der Waals surface area contributed by atoms with Crippen LogP contribution in [0.3, 0.4) is 0 Å². The van der Waals surface area contributed by atoms with Gasteiger partial charge in [0.1, 0.15) is 0 Å². The molecule has 0 spiro atoms. The molecule has 0 aliphatic rings. The van der Waals surface area contributed by atoms with Crippen molar-refractivity contribution in [2.24, 2.45) is 0 Å². The molecule has 1 heterocycles. The van der Waals surface area contributed by atoms with Crippen molar-refractivity contribution in [3.8, 4) is 0 Å². The Labute approximate surface area is 155 Å². The Bertz CT molecular complexity index is 905. The molecule has 26 heavy (non-hydrogen) atoms. The molecule has 0 aliphatic heterocycles. The van der Waals surface area contributed by atoms with Gasteiger partial charge < -0.3 is 15.4 Å². The van der Waals surface area contributed by atoms with E-state index in [1.165, 1.54) is 13.3 Å². The number of hydrogen-bond acceptors (Lipinski definition) is 7. The van der Waals surface area contributed by atoms with Crippen LogP contribution in [0.15, 0.2) is 54.7 Å². The molecule has 132 valence electrons. The number of nitrogens with one attached hydrogen (secondary N) is 2. The van der Waals surface area contributed by atoms with E-state index in [0.717, 1.165) is 5.56 Å². The lowest BCUT2D eigenvalue weighted by molar-refractivity contribution is 0.0601. The first kappa shape index (κ1) is 17.6. The lowest BCUT2D eigenvalue weighted by Crippen LogP contribution is -2.07. The van der Waals surface area contributed by atoms with Crippen LogP contribution in [-0.2, 0) is 11.3 Å². The van der Waals surface area contributed by atoms with E-state index in [2.05, 4.69) is 25.8 Å². The van der Waals surface area contributed by atoms with Gasteiger partial charge in [0, 0.05) is 6.54 Å². The third kappa shape index (κ3) is 4.46. The minimum atomic E-state index is -0.448. The number of benzene rings is 2. The van der Waals surface area contributed by atoms with E-state index in [1.54, 1.807) is 18.2 Å². The fourth-order valence-electron chi connectivity index (χ4n) is 2.22. The zero-order valence-electron chi connectivity index (χ0n) is 13.9. The van der Waals surface area contributed by atoms with Gasteiger partial charge in [-0.25, -0.2) is 4.79 Å². The summed E-state index contributed by atoms with van der Waals surface area (Å²) in [6.07, 6.45) is 1.47. The summed E-state index contributed by atoms with van der Waals surface area (Å²) in [6.45, 7) is 0.574. The molecule has 2 aromatic carbocycles. The molecule has 8 heteroatoms. The highest BCUT2D eigenvalue weighted by molar-refractivity contribution is 6.33. The van der Waals surface area contributed by atoms with Crippen LogP contribution in [0.4, 0.5) is 17.5 Å². The second-order valence-electron chi connectivity index (χ2n) is 5.32. The van der Waals surface area contributed by atoms with Crippen molar-refractivity contribution in [1.29, 1.82) is 0 Å². The lowest BCUT2D eigenvalue weighted by Gasteiger charge is -2.10. The summed E-state index contributed by atoms with van der Waals surface area (Å²) in [5.74, 6) is 0.370. The summed E-state index contributed by atoms with van der Waals surface area (Å²) in [7, 11) is 1.32. The van der Waals surface area contributed by atoms with Gasteiger partial charge in [0.25, 0.3) is 0 Å². The van der Waals surface area contributed by atoms with Gasteiger partial charge in [-0.2, -0.15) is 10.1 Å². The van der Waals surface area contributed by atoms with Crippen LogP contribution in [0, 0.1) is 0 Å². The van der Waals surface area contributed by atoms with Gasteiger partial charge >= 0.3 is 5.97 Å². The maximum absolute atomic E-state index is 11.7. The van der Waals surface area contributed by atoms with Crippen LogP contribution in [0.5, 0.6) is 0 Å². The fourth-order valence-corrected chi connectivity index (χ4v) is 2.38. The quantitative estimate of drug-likeness (QED) is 0.641. The van der Waals surface area contributed by atoms with E-state index in [-0.39, 0.29) is 0 Å². The molecule has 7 nitrogen and oxygen atoms in total. The maximum atomic E-state index is 11.7. The molecule has 0 atom stereocenters. The number of hydrogen-bond donors (Lipinski definition) is 2. The number of carbonyl (C=O) groups is 1. The molecule has 0 saturated heterocycles. The van der Waals surface area contributed by atoms with E-state index in [9.17, 15) is 4.79 Å². The molecular formula is C18H16ClN5O2. The van der Waals surface area contributed by atoms with Gasteiger partial charge in [-0.15, -0.1) is 5.10 Å². The predicted molar refractivity (Wildman–Crippen MR) is 99.7 cm³/mol. The van der Waals surface area contributed by atoms with Gasteiger partial charge in [0.05, 0.1) is 29.6 Å². The number of rotatable bonds is 6. The van der Waals surface area contributed by atoms with Gasteiger partial charge in [-0.3, -0.25) is 0 Å². The number of esters is 1. The smallest absolute Gasteiger partial charge is 0.337 e. The topological polar surface area (TPSA) is 89.0 Å². The Morgan fingerprint density at radius 2 is 2.00 bits per heavy atom. The minimum absolute atomic E-state index is 0.374. The normalized spacial score (nSPS) is 10.2. The van der Waals surface area contributed by atoms with Crippen molar-refractivity contribution < 1.29 is 9.53 Å². The van der Waals surface area contributed by atoms with Gasteiger partial charge in [0.2, 0.25) is 5.95 Å². The molecule has 0 unspecified atom stereocenters. The van der Waals surface area contributed by atoms with Gasteiger partial charge in [-0.1, -0.05) is 41.9 Å². The minimum Gasteiger partial charge on any atom is -0.465 e. The van der Waals surface area contributed by atoms with E-state index >= 15 is 0 Å². The second-order valence-corrected chi connectivity index (χ2v) is 5.72. The molecule has 3 aromatic rings. The Kier molecular flexibility index (Phi) is 5.60. The molecular weight excluding hydrogens is 354 g/mol. The molecule has 0 saturated carbocycles. The van der Waals surface area contributed by atoms with Crippen molar-refractivity contribution in [3.05, 3.63) is 70.9 Å². The Morgan fingerprint density at radius 1 is 1.19 bits per heavy atom. The highest BCUT2D eigenvalue weighted by Crippen LogP contribution is 2.26. The summed E-state index contributed by atoms with van der Waals surface area (Å²) in [4.78, 5) is 16.0. The van der Waals surface area contributed by atoms with Crippen LogP contribution in [0.1, 0.15) is 15.9 Å². The third-order valence-corrected chi connectivity index (χ3v) is 3.83. The average Bonchev–Trinajstić information content (AvgIpc) is 2.68. The summed E-state index contributed by atoms with van der Waals surface area (Å²) in [5, 5.41) is 14.5. The van der Waals surface area contributed by atoms with E-state index in [4.69, 9.17) is 16.3 Å². The number of methoxy groups -OCH3 is 1. The number of aromatic nitrogens is 3. The second kappa shape index (κ2) is 8.26. The van der Waals surface area contributed by atoms with Crippen molar-refractivity contribution in [1.82, 2.24) is 15.2 Å². The zero-order valence-corrected chi connectivity index (χ0v) is 14.7. The largest absolute Gasteiger partial charge is 0.465 e. The number of carbonyl (C=O) groups excluding carboxylic acids is 1. The molecule has 2 N–H and O–H groups in total. The first-order chi connectivity index (χ1) is 12.7. The fraction of sp³-hybridized carbons (Fsp3) is 0.111. The number of nitrogens with zero attached hydrogens (tertiary/aromatic N) is 3. The number of anilines is 3. The summed E-state index contributed by atoms with van der Waals surface area (Å²) in [6, 6.07) is 14.7. The maximum Gasteiger partial charge on any atom is 0.337 e. The first-order valence-electron chi connectivity index (χ1n) is 7.78. The van der Waals surface area contributed by atoms with E-state index < -0.39 is 5.97 Å². The van der Waals surface area contributed by atoms with E-state index in [1.807, 2.05) is 30.3 Å². The summed E-state index contributed by atoms with van der Waals surface area (Å²) in [5.41, 5.74) is 2.00. The average molecular weight is 370 g/mol. The lowest BCUT2D eigenvalue weighted by atomic mass is 10.2. The van der Waals surface area contributed by atoms with Gasteiger partial charge in [0.15, 0.2) is 5.82 Å². The highest BCUT2D eigenvalue weighted by atomic mass is 35.5. The van der Waals surface area contributed by atoms with Crippen molar-refractivity contribution in [3.63, 3.8) is 0 Å². The van der Waals surface area contributed by atoms with Crippen LogP contribution in [0.2, 0.25) is 5.02 Å². The monoisotopic (exact) mass is 369 g/mol. The van der Waals surface area contributed by atoms with Crippen LogP contribution in [-0.4, -0.2) is 28.3 Å². The predicted octanol–water partition coefficient (Wildman–Crippen LogP) is 3.67. The van der Waals surface area contributed by atoms with Gasteiger partial charge in [-0.05, 0) is 23.8 Å².